The number of hydrogen-bond acceptors (Lipinski definition) is 3. The first kappa shape index (κ1) is 16.0. The molecule has 4 nitrogen and oxygen atoms in total. The second kappa shape index (κ2) is 8.13. The van der Waals surface area contributed by atoms with Crippen LogP contribution in [0.1, 0.15) is 27.2 Å². The Bertz CT molecular complexity index is 315. The summed E-state index contributed by atoms with van der Waals surface area (Å²) < 4.78 is 0. The predicted octanol–water partition coefficient (Wildman–Crippen LogP) is 1.73. The van der Waals surface area contributed by atoms with Crippen LogP contribution >= 0.6 is 11.8 Å². The molecule has 0 spiro atoms. The van der Waals surface area contributed by atoms with Gasteiger partial charge in [0.05, 0.1) is 6.54 Å². The summed E-state index contributed by atoms with van der Waals surface area (Å²) in [6.07, 6.45) is 1.36. The van der Waals surface area contributed by atoms with Crippen LogP contribution in [-0.4, -0.2) is 72.6 Å². The van der Waals surface area contributed by atoms with Crippen molar-refractivity contribution in [3.8, 4) is 0 Å². The molecule has 0 aromatic rings. The summed E-state index contributed by atoms with van der Waals surface area (Å²) in [6, 6.07) is 0. The first-order chi connectivity index (χ1) is 9.70. The van der Waals surface area contributed by atoms with Crippen molar-refractivity contribution in [2.45, 2.75) is 32.4 Å². The maximum Gasteiger partial charge on any atom is 0.194 e. The lowest BCUT2D eigenvalue weighted by atomic mass is 10.1. The first-order valence-electron chi connectivity index (χ1n) is 8.08. The summed E-state index contributed by atoms with van der Waals surface area (Å²) in [4.78, 5) is 9.77. The lowest BCUT2D eigenvalue weighted by molar-refractivity contribution is 0.187. The van der Waals surface area contributed by atoms with E-state index in [0.29, 0.717) is 0 Å². The number of likely N-dealkylation sites (tertiary alicyclic amines) is 1. The van der Waals surface area contributed by atoms with Crippen molar-refractivity contribution in [1.82, 2.24) is 15.1 Å². The SMILES string of the molecule is CCNC(=NCCN1CCC1)N1CCSC(C(C)C)C1. The number of aliphatic imine (C=N–C) groups is 1. The third-order valence-electron chi connectivity index (χ3n) is 4.10. The first-order valence-corrected chi connectivity index (χ1v) is 9.12. The van der Waals surface area contributed by atoms with Crippen LogP contribution in [0.3, 0.4) is 0 Å². The zero-order chi connectivity index (χ0) is 14.4. The molecule has 2 fully saturated rings. The van der Waals surface area contributed by atoms with E-state index in [-0.39, 0.29) is 0 Å². The fraction of sp³-hybridized carbons (Fsp3) is 0.933. The molecule has 0 bridgehead atoms. The van der Waals surface area contributed by atoms with E-state index >= 15 is 0 Å². The van der Waals surface area contributed by atoms with Crippen LogP contribution in [0.25, 0.3) is 0 Å². The monoisotopic (exact) mass is 298 g/mol. The highest BCUT2D eigenvalue weighted by molar-refractivity contribution is 8.00. The fourth-order valence-corrected chi connectivity index (χ4v) is 3.90. The van der Waals surface area contributed by atoms with E-state index in [1.165, 1.54) is 25.3 Å². The minimum absolute atomic E-state index is 0.739. The Labute approximate surface area is 128 Å². The molecule has 2 aliphatic rings. The smallest absolute Gasteiger partial charge is 0.194 e. The number of rotatable bonds is 5. The standard InChI is InChI=1S/C15H30N4S/c1-4-16-15(17-6-9-18-7-5-8-18)19-10-11-20-14(12-19)13(2)3/h13-14H,4-12H2,1-3H3,(H,16,17). The van der Waals surface area contributed by atoms with Crippen molar-refractivity contribution in [3.05, 3.63) is 0 Å². The van der Waals surface area contributed by atoms with Crippen LogP contribution in [0.15, 0.2) is 4.99 Å². The molecule has 0 aliphatic carbocycles. The Morgan fingerprint density at radius 3 is 2.75 bits per heavy atom. The second-order valence-electron chi connectivity index (χ2n) is 6.03. The molecule has 1 unspecified atom stereocenters. The molecule has 1 N–H and O–H groups in total. The average Bonchev–Trinajstić information content (AvgIpc) is 2.40. The Balaban J connectivity index is 1.86. The maximum atomic E-state index is 4.83. The summed E-state index contributed by atoms with van der Waals surface area (Å²) in [6.45, 7) is 14.6. The molecule has 2 heterocycles. The van der Waals surface area contributed by atoms with E-state index in [4.69, 9.17) is 4.99 Å². The van der Waals surface area contributed by atoms with Gasteiger partial charge in [-0.1, -0.05) is 13.8 Å². The molecule has 2 saturated heterocycles. The van der Waals surface area contributed by atoms with Gasteiger partial charge in [-0.3, -0.25) is 4.99 Å². The zero-order valence-corrected chi connectivity index (χ0v) is 14.1. The Morgan fingerprint density at radius 1 is 1.35 bits per heavy atom. The minimum Gasteiger partial charge on any atom is -0.357 e. The molecule has 0 aromatic carbocycles. The summed E-state index contributed by atoms with van der Waals surface area (Å²) in [5, 5.41) is 4.21. The summed E-state index contributed by atoms with van der Waals surface area (Å²) >= 11 is 2.12. The number of nitrogens with one attached hydrogen (secondary N) is 1. The quantitative estimate of drug-likeness (QED) is 0.619. The largest absolute Gasteiger partial charge is 0.357 e. The van der Waals surface area contributed by atoms with Crippen molar-refractivity contribution in [1.29, 1.82) is 0 Å². The van der Waals surface area contributed by atoms with Crippen LogP contribution in [0.5, 0.6) is 0 Å². The predicted molar refractivity (Wildman–Crippen MR) is 89.7 cm³/mol. The molecule has 0 saturated carbocycles. The van der Waals surface area contributed by atoms with Crippen LogP contribution in [0, 0.1) is 5.92 Å². The molecule has 0 aromatic heterocycles. The third kappa shape index (κ3) is 4.55. The Morgan fingerprint density at radius 2 is 2.15 bits per heavy atom. The van der Waals surface area contributed by atoms with E-state index in [1.54, 1.807) is 0 Å². The topological polar surface area (TPSA) is 30.9 Å². The second-order valence-corrected chi connectivity index (χ2v) is 7.38. The van der Waals surface area contributed by atoms with Gasteiger partial charge in [0, 0.05) is 37.2 Å². The molecule has 2 aliphatic heterocycles. The van der Waals surface area contributed by atoms with Crippen LogP contribution in [0.4, 0.5) is 0 Å². The van der Waals surface area contributed by atoms with Crippen molar-refractivity contribution in [2.24, 2.45) is 10.9 Å². The zero-order valence-electron chi connectivity index (χ0n) is 13.3. The van der Waals surface area contributed by atoms with Gasteiger partial charge in [0.15, 0.2) is 5.96 Å². The maximum absolute atomic E-state index is 4.83. The van der Waals surface area contributed by atoms with Crippen molar-refractivity contribution in [3.63, 3.8) is 0 Å². The molecule has 0 amide bonds. The summed E-state index contributed by atoms with van der Waals surface area (Å²) in [5.74, 6) is 3.09. The van der Waals surface area contributed by atoms with Gasteiger partial charge in [0.25, 0.3) is 0 Å². The normalized spacial score (nSPS) is 24.9. The number of guanidine groups is 1. The van der Waals surface area contributed by atoms with Gasteiger partial charge in [-0.05, 0) is 32.4 Å². The van der Waals surface area contributed by atoms with E-state index < -0.39 is 0 Å². The van der Waals surface area contributed by atoms with Gasteiger partial charge >= 0.3 is 0 Å². The van der Waals surface area contributed by atoms with Gasteiger partial charge in [-0.15, -0.1) is 0 Å². The Hall–Kier alpha value is -0.420. The van der Waals surface area contributed by atoms with Crippen LogP contribution in [-0.2, 0) is 0 Å². The highest BCUT2D eigenvalue weighted by atomic mass is 32.2. The lowest BCUT2D eigenvalue weighted by Gasteiger charge is -2.36. The minimum atomic E-state index is 0.739. The molecular weight excluding hydrogens is 268 g/mol. The van der Waals surface area contributed by atoms with Gasteiger partial charge in [0.2, 0.25) is 0 Å². The van der Waals surface area contributed by atoms with Gasteiger partial charge < -0.3 is 15.1 Å². The molecule has 1 atom stereocenters. The van der Waals surface area contributed by atoms with Crippen molar-refractivity contribution < 1.29 is 0 Å². The fourth-order valence-electron chi connectivity index (χ4n) is 2.60. The highest BCUT2D eigenvalue weighted by Crippen LogP contribution is 2.24. The Kier molecular flexibility index (Phi) is 6.49. The summed E-state index contributed by atoms with van der Waals surface area (Å²) in [7, 11) is 0. The third-order valence-corrected chi connectivity index (χ3v) is 5.64. The van der Waals surface area contributed by atoms with E-state index in [1.807, 2.05) is 0 Å². The molecule has 0 radical (unpaired) electrons. The van der Waals surface area contributed by atoms with Gasteiger partial charge in [0.1, 0.15) is 0 Å². The van der Waals surface area contributed by atoms with Gasteiger partial charge in [-0.2, -0.15) is 11.8 Å². The molecule has 5 heteroatoms. The highest BCUT2D eigenvalue weighted by Gasteiger charge is 2.24. The molecule has 20 heavy (non-hydrogen) atoms. The molecule has 2 rings (SSSR count). The summed E-state index contributed by atoms with van der Waals surface area (Å²) in [5.41, 5.74) is 0. The van der Waals surface area contributed by atoms with Crippen LogP contribution < -0.4 is 5.32 Å². The van der Waals surface area contributed by atoms with E-state index in [2.05, 4.69) is 47.6 Å². The molecule has 116 valence electrons. The lowest BCUT2D eigenvalue weighted by Crippen LogP contribution is -2.49. The van der Waals surface area contributed by atoms with Crippen molar-refractivity contribution >= 4 is 17.7 Å². The van der Waals surface area contributed by atoms with Crippen LogP contribution in [0.2, 0.25) is 0 Å². The van der Waals surface area contributed by atoms with E-state index in [9.17, 15) is 0 Å². The van der Waals surface area contributed by atoms with Crippen molar-refractivity contribution in [2.75, 3.05) is 51.6 Å². The number of thioether (sulfide) groups is 1. The average molecular weight is 299 g/mol. The molecular formula is C15H30N4S. The van der Waals surface area contributed by atoms with E-state index in [0.717, 1.165) is 49.9 Å². The number of nitrogens with zero attached hydrogens (tertiary/aromatic N) is 3. The number of hydrogen-bond donors (Lipinski definition) is 1. The van der Waals surface area contributed by atoms with Gasteiger partial charge in [-0.25, -0.2) is 0 Å².